The highest BCUT2D eigenvalue weighted by atomic mass is 79.9. The van der Waals surface area contributed by atoms with Gasteiger partial charge in [0.05, 0.1) is 12.1 Å². The number of carbonyl (C=O) groups is 1. The standard InChI is InChI=1S/C16H12BrFN2O/c17-13-6-5-11(18)8-15(13)20-16(21)7-10-9-19-14-4-2-1-3-12(10)14/h1-6,8-9,19H,7H2,(H,20,21). The van der Waals surface area contributed by atoms with E-state index in [-0.39, 0.29) is 18.1 Å². The van der Waals surface area contributed by atoms with Crippen molar-refractivity contribution in [3.63, 3.8) is 0 Å². The van der Waals surface area contributed by atoms with Gasteiger partial charge < -0.3 is 10.3 Å². The lowest BCUT2D eigenvalue weighted by molar-refractivity contribution is -0.115. The minimum absolute atomic E-state index is 0.189. The number of benzene rings is 2. The van der Waals surface area contributed by atoms with Gasteiger partial charge in [-0.15, -0.1) is 0 Å². The van der Waals surface area contributed by atoms with E-state index in [2.05, 4.69) is 26.2 Å². The Balaban J connectivity index is 1.79. The van der Waals surface area contributed by atoms with Crippen molar-refractivity contribution in [1.82, 2.24) is 4.98 Å². The molecule has 21 heavy (non-hydrogen) atoms. The second kappa shape index (κ2) is 5.69. The van der Waals surface area contributed by atoms with Gasteiger partial charge in [0.25, 0.3) is 0 Å². The normalized spacial score (nSPS) is 10.8. The Hall–Kier alpha value is -2.14. The Bertz CT molecular complexity index is 813. The maximum Gasteiger partial charge on any atom is 0.228 e. The zero-order chi connectivity index (χ0) is 14.8. The summed E-state index contributed by atoms with van der Waals surface area (Å²) in [5, 5.41) is 3.73. The van der Waals surface area contributed by atoms with Crippen LogP contribution in [-0.2, 0) is 11.2 Å². The number of rotatable bonds is 3. The number of amides is 1. The van der Waals surface area contributed by atoms with Crippen molar-refractivity contribution in [2.45, 2.75) is 6.42 Å². The first-order valence-electron chi connectivity index (χ1n) is 6.43. The van der Waals surface area contributed by atoms with Crippen molar-refractivity contribution >= 4 is 38.4 Å². The summed E-state index contributed by atoms with van der Waals surface area (Å²) in [6.07, 6.45) is 2.05. The number of anilines is 1. The van der Waals surface area contributed by atoms with Gasteiger partial charge in [-0.1, -0.05) is 18.2 Å². The molecular weight excluding hydrogens is 335 g/mol. The maximum atomic E-state index is 13.2. The third-order valence-corrected chi connectivity index (χ3v) is 3.92. The second-order valence-corrected chi connectivity index (χ2v) is 5.56. The number of aromatic nitrogens is 1. The molecule has 2 N–H and O–H groups in total. The molecule has 0 unspecified atom stereocenters. The van der Waals surface area contributed by atoms with Gasteiger partial charge in [-0.25, -0.2) is 4.39 Å². The van der Waals surface area contributed by atoms with E-state index in [1.165, 1.54) is 12.1 Å². The lowest BCUT2D eigenvalue weighted by Crippen LogP contribution is -2.14. The third-order valence-electron chi connectivity index (χ3n) is 3.23. The van der Waals surface area contributed by atoms with Crippen LogP contribution in [0.5, 0.6) is 0 Å². The lowest BCUT2D eigenvalue weighted by atomic mass is 10.1. The third kappa shape index (κ3) is 2.97. The summed E-state index contributed by atoms with van der Waals surface area (Å²) in [5.41, 5.74) is 2.34. The Morgan fingerprint density at radius 3 is 2.90 bits per heavy atom. The van der Waals surface area contributed by atoms with E-state index in [1.807, 2.05) is 30.5 Å². The van der Waals surface area contributed by atoms with Crippen LogP contribution in [0.1, 0.15) is 5.56 Å². The molecule has 0 aliphatic heterocycles. The smallest absolute Gasteiger partial charge is 0.228 e. The number of carbonyl (C=O) groups excluding carboxylic acids is 1. The number of nitrogens with one attached hydrogen (secondary N) is 2. The Labute approximate surface area is 129 Å². The molecule has 3 aromatic rings. The highest BCUT2D eigenvalue weighted by Crippen LogP contribution is 2.24. The van der Waals surface area contributed by atoms with E-state index in [9.17, 15) is 9.18 Å². The van der Waals surface area contributed by atoms with E-state index in [0.29, 0.717) is 10.2 Å². The van der Waals surface area contributed by atoms with E-state index in [0.717, 1.165) is 16.5 Å². The molecule has 1 amide bonds. The number of halogens is 2. The SMILES string of the molecule is O=C(Cc1c[nH]c2ccccc12)Nc1cc(F)ccc1Br. The van der Waals surface area contributed by atoms with E-state index in [1.54, 1.807) is 6.07 Å². The molecule has 2 aromatic carbocycles. The largest absolute Gasteiger partial charge is 0.361 e. The topological polar surface area (TPSA) is 44.9 Å². The summed E-state index contributed by atoms with van der Waals surface area (Å²) in [5.74, 6) is -0.577. The first-order chi connectivity index (χ1) is 10.1. The summed E-state index contributed by atoms with van der Waals surface area (Å²) in [4.78, 5) is 15.2. The number of hydrogen-bond acceptors (Lipinski definition) is 1. The summed E-state index contributed by atoms with van der Waals surface area (Å²) >= 11 is 3.29. The fourth-order valence-corrected chi connectivity index (χ4v) is 2.58. The van der Waals surface area contributed by atoms with Crippen LogP contribution in [-0.4, -0.2) is 10.9 Å². The van der Waals surface area contributed by atoms with Crippen molar-refractivity contribution in [1.29, 1.82) is 0 Å². The van der Waals surface area contributed by atoms with Crippen LogP contribution in [0.15, 0.2) is 53.1 Å². The molecule has 1 heterocycles. The molecule has 0 saturated heterocycles. The molecule has 0 aliphatic rings. The molecule has 3 nitrogen and oxygen atoms in total. The number of hydrogen-bond donors (Lipinski definition) is 2. The number of H-pyrrole nitrogens is 1. The first kappa shape index (κ1) is 13.8. The van der Waals surface area contributed by atoms with E-state index in [4.69, 9.17) is 0 Å². The van der Waals surface area contributed by atoms with Crippen LogP contribution < -0.4 is 5.32 Å². The fourth-order valence-electron chi connectivity index (χ4n) is 2.24. The Kier molecular flexibility index (Phi) is 3.75. The van der Waals surface area contributed by atoms with Crippen LogP contribution in [0, 0.1) is 5.82 Å². The van der Waals surface area contributed by atoms with Gasteiger partial charge in [-0.05, 0) is 45.8 Å². The predicted molar refractivity (Wildman–Crippen MR) is 84.7 cm³/mol. The van der Waals surface area contributed by atoms with Crippen LogP contribution in [0.2, 0.25) is 0 Å². The minimum Gasteiger partial charge on any atom is -0.361 e. The maximum absolute atomic E-state index is 13.2. The van der Waals surface area contributed by atoms with Crippen molar-refractivity contribution in [2.24, 2.45) is 0 Å². The zero-order valence-corrected chi connectivity index (χ0v) is 12.6. The van der Waals surface area contributed by atoms with Gasteiger partial charge in [-0.3, -0.25) is 4.79 Å². The monoisotopic (exact) mass is 346 g/mol. The van der Waals surface area contributed by atoms with Crippen LogP contribution in [0.3, 0.4) is 0 Å². The molecular formula is C16H12BrFN2O. The molecule has 0 saturated carbocycles. The fraction of sp³-hybridized carbons (Fsp3) is 0.0625. The second-order valence-electron chi connectivity index (χ2n) is 4.71. The van der Waals surface area contributed by atoms with Gasteiger partial charge in [0.2, 0.25) is 5.91 Å². The molecule has 5 heteroatoms. The van der Waals surface area contributed by atoms with E-state index < -0.39 is 0 Å². The van der Waals surface area contributed by atoms with Gasteiger partial charge in [-0.2, -0.15) is 0 Å². The molecule has 3 rings (SSSR count). The molecule has 0 fully saturated rings. The molecule has 0 bridgehead atoms. The predicted octanol–water partition coefficient (Wildman–Crippen LogP) is 4.25. The Morgan fingerprint density at radius 2 is 2.05 bits per heavy atom. The average Bonchev–Trinajstić information content (AvgIpc) is 2.86. The molecule has 0 spiro atoms. The lowest BCUT2D eigenvalue weighted by Gasteiger charge is -2.07. The summed E-state index contributed by atoms with van der Waals surface area (Å²) < 4.78 is 13.9. The van der Waals surface area contributed by atoms with Gasteiger partial charge in [0, 0.05) is 21.6 Å². The summed E-state index contributed by atoms with van der Waals surface area (Å²) in [6, 6.07) is 12.0. The highest BCUT2D eigenvalue weighted by molar-refractivity contribution is 9.10. The van der Waals surface area contributed by atoms with Crippen LogP contribution >= 0.6 is 15.9 Å². The van der Waals surface area contributed by atoms with Crippen molar-refractivity contribution in [3.05, 3.63) is 64.5 Å². The first-order valence-corrected chi connectivity index (χ1v) is 7.22. The Morgan fingerprint density at radius 1 is 1.24 bits per heavy atom. The van der Waals surface area contributed by atoms with Crippen molar-refractivity contribution in [3.8, 4) is 0 Å². The quantitative estimate of drug-likeness (QED) is 0.731. The van der Waals surface area contributed by atoms with Gasteiger partial charge in [0.1, 0.15) is 5.82 Å². The number of fused-ring (bicyclic) bond motifs is 1. The number of para-hydroxylation sites is 1. The highest BCUT2D eigenvalue weighted by Gasteiger charge is 2.10. The number of aromatic amines is 1. The molecule has 0 atom stereocenters. The summed E-state index contributed by atoms with van der Waals surface area (Å²) in [7, 11) is 0. The van der Waals surface area contributed by atoms with Gasteiger partial charge in [0.15, 0.2) is 0 Å². The molecule has 1 aromatic heterocycles. The summed E-state index contributed by atoms with van der Waals surface area (Å²) in [6.45, 7) is 0. The molecule has 0 aliphatic carbocycles. The zero-order valence-electron chi connectivity index (χ0n) is 11.0. The average molecular weight is 347 g/mol. The van der Waals surface area contributed by atoms with Crippen LogP contribution in [0.25, 0.3) is 10.9 Å². The van der Waals surface area contributed by atoms with Gasteiger partial charge >= 0.3 is 0 Å². The molecule has 0 radical (unpaired) electrons. The molecule has 106 valence electrons. The minimum atomic E-state index is -0.388. The van der Waals surface area contributed by atoms with Crippen molar-refractivity contribution < 1.29 is 9.18 Å². The van der Waals surface area contributed by atoms with Crippen LogP contribution in [0.4, 0.5) is 10.1 Å². The van der Waals surface area contributed by atoms with E-state index >= 15 is 0 Å². The van der Waals surface area contributed by atoms with Crippen molar-refractivity contribution in [2.75, 3.05) is 5.32 Å².